The van der Waals surface area contributed by atoms with Gasteiger partial charge in [0.15, 0.2) is 0 Å². The molecular formula is C20H30N2O6S. The molecule has 1 rings (SSSR count). The van der Waals surface area contributed by atoms with Crippen molar-refractivity contribution < 1.29 is 28.9 Å². The number of rotatable bonds is 6. The van der Waals surface area contributed by atoms with Crippen LogP contribution in [0, 0.1) is 0 Å². The van der Waals surface area contributed by atoms with Crippen molar-refractivity contribution in [2.45, 2.75) is 65.2 Å². The van der Waals surface area contributed by atoms with E-state index >= 15 is 0 Å². The maximum Gasteiger partial charge on any atom is 0.514 e. The molecule has 0 aliphatic carbocycles. The Hall–Kier alpha value is -2.39. The number of benzene rings is 1. The molecule has 0 saturated carbocycles. The van der Waals surface area contributed by atoms with Crippen LogP contribution in [0.2, 0.25) is 0 Å². The summed E-state index contributed by atoms with van der Waals surface area (Å²) >= 11 is 5.09. The lowest BCUT2D eigenvalue weighted by molar-refractivity contribution is 0.0205. The third-order valence-electron chi connectivity index (χ3n) is 3.35. The van der Waals surface area contributed by atoms with Crippen LogP contribution in [0.1, 0.15) is 52.7 Å². The lowest BCUT2D eigenvalue weighted by atomic mass is 10.00. The van der Waals surface area contributed by atoms with Crippen molar-refractivity contribution in [2.75, 3.05) is 6.61 Å². The molecule has 1 atom stereocenters. The minimum Gasteiger partial charge on any atom is -0.444 e. The smallest absolute Gasteiger partial charge is 0.444 e. The maximum absolute atomic E-state index is 12.0. The van der Waals surface area contributed by atoms with Crippen molar-refractivity contribution in [3.8, 4) is 5.75 Å². The summed E-state index contributed by atoms with van der Waals surface area (Å²) in [5.41, 5.74) is 5.59. The van der Waals surface area contributed by atoms with Gasteiger partial charge < -0.3 is 30.4 Å². The zero-order chi connectivity index (χ0) is 22.4. The predicted octanol–water partition coefficient (Wildman–Crippen LogP) is 3.06. The maximum atomic E-state index is 12.0. The molecule has 0 unspecified atom stereocenters. The van der Waals surface area contributed by atoms with Gasteiger partial charge in [0.1, 0.15) is 21.9 Å². The van der Waals surface area contributed by atoms with Crippen molar-refractivity contribution >= 4 is 29.5 Å². The van der Waals surface area contributed by atoms with Crippen molar-refractivity contribution in [1.82, 2.24) is 5.32 Å². The number of amides is 1. The van der Waals surface area contributed by atoms with Gasteiger partial charge in [-0.3, -0.25) is 0 Å². The van der Waals surface area contributed by atoms with Gasteiger partial charge in [0.05, 0.1) is 12.6 Å². The number of aliphatic hydroxyl groups is 1. The quantitative estimate of drug-likeness (QED) is 0.361. The Balaban J connectivity index is 2.94. The molecule has 1 aromatic rings. The van der Waals surface area contributed by atoms with Gasteiger partial charge in [-0.25, -0.2) is 9.59 Å². The molecule has 4 N–H and O–H groups in total. The van der Waals surface area contributed by atoms with E-state index in [-0.39, 0.29) is 23.8 Å². The van der Waals surface area contributed by atoms with E-state index in [1.165, 1.54) is 6.07 Å². The number of aliphatic hydroxyl groups excluding tert-OH is 1. The van der Waals surface area contributed by atoms with Gasteiger partial charge in [0.25, 0.3) is 0 Å². The molecular weight excluding hydrogens is 396 g/mol. The van der Waals surface area contributed by atoms with E-state index in [0.29, 0.717) is 11.1 Å². The van der Waals surface area contributed by atoms with Crippen LogP contribution in [-0.2, 0) is 15.9 Å². The fraction of sp³-hybridized carbons (Fsp3) is 0.550. The molecule has 8 nitrogen and oxygen atoms in total. The van der Waals surface area contributed by atoms with Gasteiger partial charge in [-0.15, -0.1) is 0 Å². The first-order valence-corrected chi connectivity index (χ1v) is 9.55. The summed E-state index contributed by atoms with van der Waals surface area (Å²) in [6, 6.07) is 4.12. The topological polar surface area (TPSA) is 120 Å². The number of carbonyl (C=O) groups is 2. The summed E-state index contributed by atoms with van der Waals surface area (Å²) in [5, 5.41) is 12.2. The highest BCUT2D eigenvalue weighted by atomic mass is 32.1. The molecule has 0 heterocycles. The number of alkyl carbamates (subject to hydrolysis) is 1. The van der Waals surface area contributed by atoms with Crippen molar-refractivity contribution in [1.29, 1.82) is 0 Å². The minimum atomic E-state index is -0.848. The number of nitrogens with two attached hydrogens (primary N) is 1. The molecule has 0 radical (unpaired) electrons. The Morgan fingerprint density at radius 1 is 1.14 bits per heavy atom. The highest BCUT2D eigenvalue weighted by molar-refractivity contribution is 7.80. The second kappa shape index (κ2) is 9.89. The van der Waals surface area contributed by atoms with Crippen LogP contribution in [0.25, 0.3) is 0 Å². The van der Waals surface area contributed by atoms with Crippen LogP contribution in [0.15, 0.2) is 18.2 Å². The van der Waals surface area contributed by atoms with Gasteiger partial charge in [-0.05, 0) is 65.7 Å². The van der Waals surface area contributed by atoms with Gasteiger partial charge in [-0.1, -0.05) is 18.3 Å². The number of carbonyl (C=O) groups excluding carboxylic acids is 2. The first-order chi connectivity index (χ1) is 13.2. The molecule has 0 fully saturated rings. The fourth-order valence-corrected chi connectivity index (χ4v) is 2.48. The normalized spacial score (nSPS) is 12.7. The number of thiocarbonyl (C=S) groups is 1. The molecule has 0 aliphatic rings. The first-order valence-electron chi connectivity index (χ1n) is 9.14. The Labute approximate surface area is 176 Å². The van der Waals surface area contributed by atoms with E-state index in [2.05, 4.69) is 5.32 Å². The molecule has 1 amide bonds. The Morgan fingerprint density at radius 2 is 1.72 bits per heavy atom. The average Bonchev–Trinajstić information content (AvgIpc) is 2.51. The Bertz CT molecular complexity index is 752. The summed E-state index contributed by atoms with van der Waals surface area (Å²) in [7, 11) is 0. The van der Waals surface area contributed by atoms with E-state index in [4.69, 9.17) is 32.2 Å². The predicted molar refractivity (Wildman–Crippen MR) is 113 cm³/mol. The number of hydrogen-bond acceptors (Lipinski definition) is 7. The number of hydrogen-bond donors (Lipinski definition) is 3. The highest BCUT2D eigenvalue weighted by Gasteiger charge is 2.22. The Morgan fingerprint density at radius 3 is 2.21 bits per heavy atom. The molecule has 0 aromatic heterocycles. The van der Waals surface area contributed by atoms with Crippen LogP contribution in [-0.4, -0.2) is 46.2 Å². The van der Waals surface area contributed by atoms with E-state index < -0.39 is 29.5 Å². The monoisotopic (exact) mass is 426 g/mol. The van der Waals surface area contributed by atoms with E-state index in [0.717, 1.165) is 0 Å². The number of nitrogens with one attached hydrogen (secondary N) is 1. The fourth-order valence-electron chi connectivity index (χ4n) is 2.29. The zero-order valence-electron chi connectivity index (χ0n) is 17.7. The van der Waals surface area contributed by atoms with Crippen LogP contribution in [0.3, 0.4) is 0 Å². The number of ether oxygens (including phenoxy) is 3. The molecule has 0 bridgehead atoms. The molecule has 29 heavy (non-hydrogen) atoms. The van der Waals surface area contributed by atoms with Crippen LogP contribution >= 0.6 is 12.2 Å². The summed E-state index contributed by atoms with van der Waals surface area (Å²) in [6.07, 6.45) is -1.24. The van der Waals surface area contributed by atoms with Crippen molar-refractivity contribution in [3.63, 3.8) is 0 Å². The zero-order valence-corrected chi connectivity index (χ0v) is 18.5. The van der Waals surface area contributed by atoms with Crippen LogP contribution < -0.4 is 15.8 Å². The third kappa shape index (κ3) is 9.58. The molecule has 162 valence electrons. The Kier molecular flexibility index (Phi) is 8.40. The van der Waals surface area contributed by atoms with Gasteiger partial charge in [0.2, 0.25) is 0 Å². The van der Waals surface area contributed by atoms with Crippen LogP contribution in [0.5, 0.6) is 5.75 Å². The van der Waals surface area contributed by atoms with Crippen LogP contribution in [0.4, 0.5) is 9.59 Å². The molecule has 1 aromatic carbocycles. The molecule has 0 spiro atoms. The highest BCUT2D eigenvalue weighted by Crippen LogP contribution is 2.21. The molecule has 9 heteroatoms. The minimum absolute atomic E-state index is 0.0867. The van der Waals surface area contributed by atoms with Crippen molar-refractivity contribution in [2.24, 2.45) is 5.73 Å². The summed E-state index contributed by atoms with van der Waals surface area (Å²) < 4.78 is 15.5. The SMILES string of the molecule is CC(C)(C)OC(=O)N[C@H](CO)Cc1ccc(OC(=O)OC(C)(C)C)cc1C(N)=S. The van der Waals surface area contributed by atoms with Gasteiger partial charge >= 0.3 is 12.2 Å². The summed E-state index contributed by atoms with van der Waals surface area (Å²) in [4.78, 5) is 23.9. The van der Waals surface area contributed by atoms with E-state index in [1.54, 1.807) is 53.7 Å². The van der Waals surface area contributed by atoms with E-state index in [1.807, 2.05) is 0 Å². The lowest BCUT2D eigenvalue weighted by Crippen LogP contribution is -2.42. The third-order valence-corrected chi connectivity index (χ3v) is 3.56. The van der Waals surface area contributed by atoms with E-state index in [9.17, 15) is 14.7 Å². The van der Waals surface area contributed by atoms with Gasteiger partial charge in [0, 0.05) is 5.56 Å². The second-order valence-electron chi connectivity index (χ2n) is 8.48. The van der Waals surface area contributed by atoms with Gasteiger partial charge in [-0.2, -0.15) is 0 Å². The molecule has 0 aliphatic heterocycles. The largest absolute Gasteiger partial charge is 0.514 e. The van der Waals surface area contributed by atoms with Crippen molar-refractivity contribution in [3.05, 3.63) is 29.3 Å². The standard InChI is InChI=1S/C20H30N2O6S/c1-19(2,3)27-17(24)22-13(11-23)9-12-7-8-14(10-15(12)16(21)29)26-18(25)28-20(4,5)6/h7-8,10,13,23H,9,11H2,1-6H3,(H2,21,29)(H,22,24)/t13-/m0/s1. The second-order valence-corrected chi connectivity index (χ2v) is 8.92. The average molecular weight is 427 g/mol. The summed E-state index contributed by atoms with van der Waals surface area (Å²) in [5.74, 6) is 0.214. The molecule has 0 saturated heterocycles. The summed E-state index contributed by atoms with van der Waals surface area (Å²) in [6.45, 7) is 10.1. The lowest BCUT2D eigenvalue weighted by Gasteiger charge is -2.23. The first kappa shape index (κ1) is 24.6.